The second kappa shape index (κ2) is 7.45. The number of carboxylic acid groups (broad SMARTS) is 1. The Bertz CT molecular complexity index is 875. The highest BCUT2D eigenvalue weighted by atomic mass is 16.6. The molecule has 2 aromatic carbocycles. The van der Waals surface area contributed by atoms with E-state index in [1.165, 1.54) is 6.07 Å². The first kappa shape index (κ1) is 18.4. The van der Waals surface area contributed by atoms with Crippen molar-refractivity contribution in [3.05, 3.63) is 69.3 Å². The van der Waals surface area contributed by atoms with Crippen molar-refractivity contribution in [1.29, 1.82) is 0 Å². The Labute approximate surface area is 155 Å². The van der Waals surface area contributed by atoms with Crippen LogP contribution < -0.4 is 4.74 Å². The van der Waals surface area contributed by atoms with Gasteiger partial charge < -0.3 is 14.7 Å². The first-order valence-corrected chi connectivity index (χ1v) is 8.36. The van der Waals surface area contributed by atoms with E-state index >= 15 is 0 Å². The van der Waals surface area contributed by atoms with Gasteiger partial charge in [-0.25, -0.2) is 4.79 Å². The van der Waals surface area contributed by atoms with Crippen LogP contribution in [0.3, 0.4) is 0 Å². The maximum Gasteiger partial charge on any atom is 0.335 e. The van der Waals surface area contributed by atoms with Crippen LogP contribution in [0.25, 0.3) is 0 Å². The molecule has 1 aliphatic carbocycles. The van der Waals surface area contributed by atoms with E-state index in [4.69, 9.17) is 4.74 Å². The van der Waals surface area contributed by atoms with Crippen molar-refractivity contribution in [3.63, 3.8) is 0 Å². The molecule has 0 unspecified atom stereocenters. The molecule has 27 heavy (non-hydrogen) atoms. The summed E-state index contributed by atoms with van der Waals surface area (Å²) in [5.41, 5.74) is 0.0828. The molecule has 0 bridgehead atoms. The SMILES string of the molecule is COc1ccccc1CN(C(=O)c1cc(C(=O)O)cc([N+](=O)[O-])c1)C1CC1. The van der Waals surface area contributed by atoms with Crippen molar-refractivity contribution in [2.75, 3.05) is 7.11 Å². The lowest BCUT2D eigenvalue weighted by molar-refractivity contribution is -0.384. The van der Waals surface area contributed by atoms with E-state index in [0.717, 1.165) is 30.5 Å². The van der Waals surface area contributed by atoms with E-state index in [-0.39, 0.29) is 23.7 Å². The van der Waals surface area contributed by atoms with Crippen molar-refractivity contribution in [2.45, 2.75) is 25.4 Å². The summed E-state index contributed by atoms with van der Waals surface area (Å²) < 4.78 is 5.33. The Morgan fingerprint density at radius 1 is 1.22 bits per heavy atom. The minimum atomic E-state index is -1.32. The van der Waals surface area contributed by atoms with Gasteiger partial charge in [-0.15, -0.1) is 0 Å². The molecule has 8 heteroatoms. The third-order valence-corrected chi connectivity index (χ3v) is 4.40. The van der Waals surface area contributed by atoms with Crippen LogP contribution in [0.2, 0.25) is 0 Å². The molecule has 1 amide bonds. The largest absolute Gasteiger partial charge is 0.496 e. The number of carbonyl (C=O) groups excluding carboxylic acids is 1. The molecule has 1 fully saturated rings. The Kier molecular flexibility index (Phi) is 5.07. The Hall–Kier alpha value is -3.42. The summed E-state index contributed by atoms with van der Waals surface area (Å²) in [6.07, 6.45) is 1.67. The van der Waals surface area contributed by atoms with Gasteiger partial charge in [-0.05, 0) is 25.0 Å². The number of methoxy groups -OCH3 is 1. The van der Waals surface area contributed by atoms with Gasteiger partial charge in [0.1, 0.15) is 5.75 Å². The van der Waals surface area contributed by atoms with E-state index in [2.05, 4.69) is 0 Å². The molecule has 8 nitrogen and oxygen atoms in total. The highest BCUT2D eigenvalue weighted by Crippen LogP contribution is 2.32. The van der Waals surface area contributed by atoms with Crippen LogP contribution in [-0.2, 0) is 6.54 Å². The summed E-state index contributed by atoms with van der Waals surface area (Å²) in [7, 11) is 1.54. The number of nitro groups is 1. The van der Waals surface area contributed by atoms with E-state index in [9.17, 15) is 24.8 Å². The van der Waals surface area contributed by atoms with Crippen molar-refractivity contribution in [1.82, 2.24) is 4.90 Å². The number of carboxylic acids is 1. The van der Waals surface area contributed by atoms with Crippen molar-refractivity contribution in [3.8, 4) is 5.75 Å². The van der Waals surface area contributed by atoms with Crippen LogP contribution in [0.15, 0.2) is 42.5 Å². The second-order valence-corrected chi connectivity index (χ2v) is 6.31. The van der Waals surface area contributed by atoms with Crippen LogP contribution in [0.4, 0.5) is 5.69 Å². The van der Waals surface area contributed by atoms with Gasteiger partial charge in [-0.3, -0.25) is 14.9 Å². The fraction of sp³-hybridized carbons (Fsp3) is 0.263. The molecule has 0 aromatic heterocycles. The van der Waals surface area contributed by atoms with Crippen molar-refractivity contribution >= 4 is 17.6 Å². The lowest BCUT2D eigenvalue weighted by Gasteiger charge is -2.23. The minimum absolute atomic E-state index is 0.0107. The van der Waals surface area contributed by atoms with E-state index in [1.807, 2.05) is 18.2 Å². The standard InChI is InChI=1S/C19H18N2O6/c1-27-17-5-3-2-4-12(17)11-20(15-6-7-15)18(22)13-8-14(19(23)24)10-16(9-13)21(25)26/h2-5,8-10,15H,6-7,11H2,1H3,(H,23,24). The lowest BCUT2D eigenvalue weighted by Crippen LogP contribution is -2.33. The van der Waals surface area contributed by atoms with Gasteiger partial charge in [-0.2, -0.15) is 0 Å². The van der Waals surface area contributed by atoms with Crippen molar-refractivity contribution in [2.24, 2.45) is 0 Å². The predicted octanol–water partition coefficient (Wildman–Crippen LogP) is 3.11. The molecule has 0 spiro atoms. The van der Waals surface area contributed by atoms with Crippen LogP contribution in [0.1, 0.15) is 39.1 Å². The number of hydrogen-bond acceptors (Lipinski definition) is 5. The number of nitro benzene ring substituents is 1. The monoisotopic (exact) mass is 370 g/mol. The van der Waals surface area contributed by atoms with Crippen LogP contribution >= 0.6 is 0 Å². The summed E-state index contributed by atoms with van der Waals surface area (Å²) in [5.74, 6) is -1.12. The summed E-state index contributed by atoms with van der Waals surface area (Å²) in [5, 5.41) is 20.3. The first-order valence-electron chi connectivity index (χ1n) is 8.36. The molecular formula is C19H18N2O6. The Morgan fingerprint density at radius 2 is 1.89 bits per heavy atom. The van der Waals surface area contributed by atoms with Gasteiger partial charge >= 0.3 is 5.97 Å². The number of nitrogens with zero attached hydrogens (tertiary/aromatic N) is 2. The van der Waals surface area contributed by atoms with Gasteiger partial charge in [0.2, 0.25) is 0 Å². The van der Waals surface area contributed by atoms with Crippen LogP contribution in [-0.4, -0.2) is 40.0 Å². The second-order valence-electron chi connectivity index (χ2n) is 6.31. The summed E-state index contributed by atoms with van der Waals surface area (Å²) in [6.45, 7) is 0.276. The van der Waals surface area contributed by atoms with E-state index < -0.39 is 22.5 Å². The van der Waals surface area contributed by atoms with E-state index in [1.54, 1.807) is 18.1 Å². The average Bonchev–Trinajstić information content (AvgIpc) is 3.50. The number of carbonyl (C=O) groups is 2. The number of benzene rings is 2. The molecule has 1 saturated carbocycles. The normalized spacial score (nSPS) is 13.1. The molecular weight excluding hydrogens is 352 g/mol. The fourth-order valence-corrected chi connectivity index (χ4v) is 2.90. The molecule has 0 aliphatic heterocycles. The zero-order valence-corrected chi connectivity index (χ0v) is 14.6. The molecule has 1 aliphatic rings. The Balaban J connectivity index is 1.96. The number of para-hydroxylation sites is 1. The topological polar surface area (TPSA) is 110 Å². The number of ether oxygens (including phenoxy) is 1. The fourth-order valence-electron chi connectivity index (χ4n) is 2.90. The summed E-state index contributed by atoms with van der Waals surface area (Å²) >= 11 is 0. The lowest BCUT2D eigenvalue weighted by atomic mass is 10.1. The number of non-ortho nitro benzene ring substituents is 1. The van der Waals surface area contributed by atoms with E-state index in [0.29, 0.717) is 5.75 Å². The number of aromatic carboxylic acids is 1. The molecule has 2 aromatic rings. The Morgan fingerprint density at radius 3 is 2.48 bits per heavy atom. The zero-order valence-electron chi connectivity index (χ0n) is 14.6. The molecule has 0 saturated heterocycles. The zero-order chi connectivity index (χ0) is 19.6. The summed E-state index contributed by atoms with van der Waals surface area (Å²) in [6, 6.07) is 10.6. The maximum atomic E-state index is 13.0. The van der Waals surface area contributed by atoms with Crippen LogP contribution in [0.5, 0.6) is 5.75 Å². The van der Waals surface area contributed by atoms with Gasteiger partial charge in [0, 0.05) is 35.8 Å². The maximum absolute atomic E-state index is 13.0. The molecule has 0 atom stereocenters. The third-order valence-electron chi connectivity index (χ3n) is 4.40. The van der Waals surface area contributed by atoms with Gasteiger partial charge in [0.05, 0.1) is 17.6 Å². The minimum Gasteiger partial charge on any atom is -0.496 e. The molecule has 0 heterocycles. The highest BCUT2D eigenvalue weighted by Gasteiger charge is 2.34. The molecule has 140 valence electrons. The predicted molar refractivity (Wildman–Crippen MR) is 95.9 cm³/mol. The first-order chi connectivity index (χ1) is 12.9. The number of hydrogen-bond donors (Lipinski definition) is 1. The van der Waals surface area contributed by atoms with Crippen molar-refractivity contribution < 1.29 is 24.4 Å². The van der Waals surface area contributed by atoms with Gasteiger partial charge in [0.25, 0.3) is 11.6 Å². The number of amides is 1. The molecule has 1 N–H and O–H groups in total. The van der Waals surface area contributed by atoms with Gasteiger partial charge in [-0.1, -0.05) is 18.2 Å². The van der Waals surface area contributed by atoms with Crippen LogP contribution in [0, 0.1) is 10.1 Å². The summed E-state index contributed by atoms with van der Waals surface area (Å²) in [4.78, 5) is 36.3. The smallest absolute Gasteiger partial charge is 0.335 e. The van der Waals surface area contributed by atoms with Gasteiger partial charge in [0.15, 0.2) is 0 Å². The third kappa shape index (κ3) is 4.05. The quantitative estimate of drug-likeness (QED) is 0.592. The number of rotatable bonds is 7. The molecule has 0 radical (unpaired) electrons. The molecule has 3 rings (SSSR count). The average molecular weight is 370 g/mol. The highest BCUT2D eigenvalue weighted by molar-refractivity contribution is 5.98.